The minimum atomic E-state index is 0.480. The summed E-state index contributed by atoms with van der Waals surface area (Å²) in [5, 5.41) is 0. The highest BCUT2D eigenvalue weighted by Gasteiger charge is 2.29. The molecule has 0 amide bonds. The summed E-state index contributed by atoms with van der Waals surface area (Å²) < 4.78 is 3.01. The first-order valence-corrected chi connectivity index (χ1v) is 6.23. The minimum absolute atomic E-state index is 0.480. The molecule has 0 aromatic carbocycles. The molecule has 0 radical (unpaired) electrons. The van der Waals surface area contributed by atoms with Gasteiger partial charge in [0.2, 0.25) is 5.95 Å². The molecule has 84 valence electrons. The predicted octanol–water partition coefficient (Wildman–Crippen LogP) is 2.75. The molecule has 5 heteroatoms. The first-order chi connectivity index (χ1) is 7.65. The van der Waals surface area contributed by atoms with Crippen molar-refractivity contribution in [2.24, 2.45) is 5.92 Å². The molecule has 1 saturated carbocycles. The molecule has 16 heavy (non-hydrogen) atoms. The van der Waals surface area contributed by atoms with Gasteiger partial charge in [0.15, 0.2) is 5.65 Å². The first kappa shape index (κ1) is 10.1. The molecule has 0 bridgehead atoms. The van der Waals surface area contributed by atoms with E-state index in [1.807, 2.05) is 6.07 Å². The average molecular weight is 281 g/mol. The third kappa shape index (κ3) is 1.42. The molecule has 1 fully saturated rings. The number of halogens is 1. The molecule has 2 aromatic heterocycles. The van der Waals surface area contributed by atoms with Gasteiger partial charge in [0.1, 0.15) is 5.52 Å². The van der Waals surface area contributed by atoms with Crippen molar-refractivity contribution in [3.05, 3.63) is 16.7 Å². The maximum absolute atomic E-state index is 5.96. The normalized spacial score (nSPS) is 24.6. The summed E-state index contributed by atoms with van der Waals surface area (Å²) in [6.07, 6.45) is 4.14. The summed E-state index contributed by atoms with van der Waals surface area (Å²) in [7, 11) is 0. The molecule has 4 nitrogen and oxygen atoms in total. The Morgan fingerprint density at radius 1 is 1.50 bits per heavy atom. The van der Waals surface area contributed by atoms with Crippen LogP contribution in [0.5, 0.6) is 0 Å². The second-order valence-electron chi connectivity index (χ2n) is 4.57. The van der Waals surface area contributed by atoms with Gasteiger partial charge >= 0.3 is 0 Å². The molecule has 0 unspecified atom stereocenters. The molecule has 1 aliphatic rings. The fourth-order valence-corrected chi connectivity index (χ4v) is 2.72. The van der Waals surface area contributed by atoms with E-state index < -0.39 is 0 Å². The predicted molar refractivity (Wildman–Crippen MR) is 67.1 cm³/mol. The van der Waals surface area contributed by atoms with Gasteiger partial charge < -0.3 is 5.73 Å². The Morgan fingerprint density at radius 2 is 2.25 bits per heavy atom. The Labute approximate surface area is 102 Å². The number of hydrogen-bond donors (Lipinski definition) is 1. The lowest BCUT2D eigenvalue weighted by Crippen LogP contribution is -2.25. The number of anilines is 1. The molecular weight excluding hydrogens is 268 g/mol. The number of imidazole rings is 1. The van der Waals surface area contributed by atoms with Crippen molar-refractivity contribution in [2.75, 3.05) is 5.73 Å². The third-order valence-electron chi connectivity index (χ3n) is 3.24. The van der Waals surface area contributed by atoms with Crippen LogP contribution in [0.25, 0.3) is 11.2 Å². The number of rotatable bonds is 1. The smallest absolute Gasteiger partial charge is 0.202 e. The van der Waals surface area contributed by atoms with Crippen LogP contribution in [0.4, 0.5) is 5.95 Å². The number of fused-ring (bicyclic) bond motifs is 1. The van der Waals surface area contributed by atoms with Gasteiger partial charge in [-0.3, -0.25) is 4.57 Å². The number of nitrogens with two attached hydrogens (primary N) is 1. The molecule has 3 rings (SSSR count). The van der Waals surface area contributed by atoms with E-state index in [2.05, 4.69) is 37.4 Å². The van der Waals surface area contributed by atoms with Crippen LogP contribution in [0.1, 0.15) is 25.8 Å². The number of nitrogens with zero attached hydrogens (tertiary/aromatic N) is 3. The number of aromatic nitrogens is 3. The molecular formula is C11H13BrN4. The zero-order valence-corrected chi connectivity index (χ0v) is 10.6. The molecule has 0 saturated heterocycles. The summed E-state index contributed by atoms with van der Waals surface area (Å²) in [5.74, 6) is 1.37. The van der Waals surface area contributed by atoms with Gasteiger partial charge in [0.25, 0.3) is 0 Å². The van der Waals surface area contributed by atoms with Crippen LogP contribution >= 0.6 is 15.9 Å². The number of hydrogen-bond acceptors (Lipinski definition) is 3. The van der Waals surface area contributed by atoms with Crippen molar-refractivity contribution in [1.82, 2.24) is 14.5 Å². The molecule has 2 aromatic rings. The van der Waals surface area contributed by atoms with Crippen LogP contribution < -0.4 is 5.73 Å². The van der Waals surface area contributed by atoms with E-state index in [1.165, 1.54) is 12.8 Å². The number of pyridine rings is 1. The molecule has 2 heterocycles. The summed E-state index contributed by atoms with van der Waals surface area (Å²) in [5.41, 5.74) is 7.72. The van der Waals surface area contributed by atoms with Crippen LogP contribution in [0.15, 0.2) is 16.7 Å². The van der Waals surface area contributed by atoms with Gasteiger partial charge in [-0.1, -0.05) is 6.92 Å². The van der Waals surface area contributed by atoms with Crippen molar-refractivity contribution in [2.45, 2.75) is 25.8 Å². The highest BCUT2D eigenvalue weighted by Crippen LogP contribution is 2.40. The summed E-state index contributed by atoms with van der Waals surface area (Å²) in [6.45, 7) is 2.26. The SMILES string of the molecule is CC1CC(n2c(N)nc3cc(Br)cnc32)C1. The Bertz CT molecular complexity index is 542. The molecule has 0 aliphatic heterocycles. The van der Waals surface area contributed by atoms with E-state index in [-0.39, 0.29) is 0 Å². The summed E-state index contributed by atoms with van der Waals surface area (Å²) in [4.78, 5) is 8.75. The lowest BCUT2D eigenvalue weighted by atomic mass is 9.82. The van der Waals surface area contributed by atoms with Gasteiger partial charge in [-0.2, -0.15) is 0 Å². The third-order valence-corrected chi connectivity index (χ3v) is 3.67. The maximum atomic E-state index is 5.96. The van der Waals surface area contributed by atoms with Crippen molar-refractivity contribution in [3.8, 4) is 0 Å². The Hall–Kier alpha value is -1.10. The summed E-state index contributed by atoms with van der Waals surface area (Å²) >= 11 is 3.39. The van der Waals surface area contributed by atoms with Crippen LogP contribution in [0.2, 0.25) is 0 Å². The van der Waals surface area contributed by atoms with E-state index in [1.54, 1.807) is 6.20 Å². The van der Waals surface area contributed by atoms with Crippen LogP contribution in [0.3, 0.4) is 0 Å². The molecule has 1 aliphatic carbocycles. The fourth-order valence-electron chi connectivity index (χ4n) is 2.41. The second-order valence-corrected chi connectivity index (χ2v) is 5.48. The van der Waals surface area contributed by atoms with Crippen molar-refractivity contribution >= 4 is 33.0 Å². The Morgan fingerprint density at radius 3 is 2.94 bits per heavy atom. The van der Waals surface area contributed by atoms with Crippen molar-refractivity contribution < 1.29 is 0 Å². The quantitative estimate of drug-likeness (QED) is 0.874. The molecule has 0 atom stereocenters. The lowest BCUT2D eigenvalue weighted by Gasteiger charge is -2.34. The zero-order valence-electron chi connectivity index (χ0n) is 9.02. The van der Waals surface area contributed by atoms with E-state index in [9.17, 15) is 0 Å². The lowest BCUT2D eigenvalue weighted by molar-refractivity contribution is 0.222. The Kier molecular flexibility index (Phi) is 2.17. The minimum Gasteiger partial charge on any atom is -0.369 e. The van der Waals surface area contributed by atoms with E-state index in [0.29, 0.717) is 12.0 Å². The van der Waals surface area contributed by atoms with Gasteiger partial charge in [0.05, 0.1) is 0 Å². The van der Waals surface area contributed by atoms with E-state index in [0.717, 1.165) is 21.6 Å². The van der Waals surface area contributed by atoms with Gasteiger partial charge in [-0.05, 0) is 40.8 Å². The molecule has 0 spiro atoms. The van der Waals surface area contributed by atoms with Gasteiger partial charge in [-0.25, -0.2) is 9.97 Å². The zero-order chi connectivity index (χ0) is 11.3. The highest BCUT2D eigenvalue weighted by molar-refractivity contribution is 9.10. The average Bonchev–Trinajstić information content (AvgIpc) is 2.48. The van der Waals surface area contributed by atoms with E-state index in [4.69, 9.17) is 5.73 Å². The largest absolute Gasteiger partial charge is 0.369 e. The summed E-state index contributed by atoms with van der Waals surface area (Å²) in [6, 6.07) is 2.44. The van der Waals surface area contributed by atoms with Crippen LogP contribution in [-0.2, 0) is 0 Å². The van der Waals surface area contributed by atoms with Crippen LogP contribution in [0, 0.1) is 5.92 Å². The van der Waals surface area contributed by atoms with Crippen molar-refractivity contribution in [1.29, 1.82) is 0 Å². The number of nitrogen functional groups attached to an aromatic ring is 1. The monoisotopic (exact) mass is 280 g/mol. The van der Waals surface area contributed by atoms with Gasteiger partial charge in [0, 0.05) is 16.7 Å². The topological polar surface area (TPSA) is 56.7 Å². The molecule has 2 N–H and O–H groups in total. The first-order valence-electron chi connectivity index (χ1n) is 5.44. The van der Waals surface area contributed by atoms with Crippen LogP contribution in [-0.4, -0.2) is 14.5 Å². The fraction of sp³-hybridized carbons (Fsp3) is 0.455. The van der Waals surface area contributed by atoms with Crippen molar-refractivity contribution in [3.63, 3.8) is 0 Å². The standard InChI is InChI=1S/C11H13BrN4/c1-6-2-8(3-6)16-10-9(15-11(16)13)4-7(12)5-14-10/h4-6,8H,2-3H2,1H3,(H2,13,15). The second kappa shape index (κ2) is 3.45. The van der Waals surface area contributed by atoms with E-state index >= 15 is 0 Å². The Balaban J connectivity index is 2.13. The van der Waals surface area contributed by atoms with Gasteiger partial charge in [-0.15, -0.1) is 0 Å². The maximum Gasteiger partial charge on any atom is 0.202 e. The highest BCUT2D eigenvalue weighted by atomic mass is 79.9.